The Bertz CT molecular complexity index is 717. The molecule has 2 aromatic heterocycles. The summed E-state index contributed by atoms with van der Waals surface area (Å²) in [5.41, 5.74) is 5.64. The van der Waals surface area contributed by atoms with E-state index in [0.717, 1.165) is 22.6 Å². The molecule has 2 heterocycles. The van der Waals surface area contributed by atoms with Crippen molar-refractivity contribution in [2.45, 2.75) is 11.8 Å². The van der Waals surface area contributed by atoms with Gasteiger partial charge in [-0.1, -0.05) is 18.2 Å². The van der Waals surface area contributed by atoms with Crippen LogP contribution >= 0.6 is 11.8 Å². The first-order chi connectivity index (χ1) is 9.78. The molecule has 0 radical (unpaired) electrons. The molecule has 0 aliphatic carbocycles. The molecule has 0 aliphatic rings. The highest BCUT2D eigenvalue weighted by Crippen LogP contribution is 2.32. The van der Waals surface area contributed by atoms with Gasteiger partial charge < -0.3 is 4.98 Å². The SMILES string of the molecule is CSc1cccc(-c2[nH]c(C)cc2-c2ccccn2)c1. The van der Waals surface area contributed by atoms with Crippen molar-refractivity contribution in [3.63, 3.8) is 0 Å². The van der Waals surface area contributed by atoms with Crippen molar-refractivity contribution in [1.29, 1.82) is 0 Å². The van der Waals surface area contributed by atoms with Gasteiger partial charge in [-0.3, -0.25) is 4.98 Å². The van der Waals surface area contributed by atoms with Gasteiger partial charge in [-0.15, -0.1) is 11.8 Å². The van der Waals surface area contributed by atoms with E-state index in [1.807, 2.05) is 24.4 Å². The molecule has 0 spiro atoms. The molecule has 0 fully saturated rings. The number of aromatic amines is 1. The Labute approximate surface area is 123 Å². The van der Waals surface area contributed by atoms with E-state index in [4.69, 9.17) is 0 Å². The highest BCUT2D eigenvalue weighted by atomic mass is 32.2. The predicted molar refractivity (Wildman–Crippen MR) is 86.0 cm³/mol. The summed E-state index contributed by atoms with van der Waals surface area (Å²) in [7, 11) is 0. The Balaban J connectivity index is 2.14. The molecule has 3 rings (SSSR count). The number of rotatable bonds is 3. The van der Waals surface area contributed by atoms with Crippen molar-refractivity contribution in [3.05, 3.63) is 60.4 Å². The molecule has 0 atom stereocenters. The fourth-order valence-corrected chi connectivity index (χ4v) is 2.78. The summed E-state index contributed by atoms with van der Waals surface area (Å²) in [6.07, 6.45) is 3.93. The molecule has 0 bridgehead atoms. The Morgan fingerprint density at radius 3 is 2.70 bits per heavy atom. The minimum atomic E-state index is 1.00. The van der Waals surface area contributed by atoms with Gasteiger partial charge >= 0.3 is 0 Å². The summed E-state index contributed by atoms with van der Waals surface area (Å²) >= 11 is 1.76. The Kier molecular flexibility index (Phi) is 3.61. The van der Waals surface area contributed by atoms with E-state index in [0.29, 0.717) is 0 Å². The van der Waals surface area contributed by atoms with Crippen LogP contribution in [0.3, 0.4) is 0 Å². The third kappa shape index (κ3) is 2.49. The standard InChI is InChI=1S/C17H16N2S/c1-12-10-15(16-8-3-4-9-18-16)17(19-12)13-6-5-7-14(11-13)20-2/h3-11,19H,1-2H3. The lowest BCUT2D eigenvalue weighted by atomic mass is 10.1. The third-order valence-electron chi connectivity index (χ3n) is 3.25. The monoisotopic (exact) mass is 280 g/mol. The van der Waals surface area contributed by atoms with Gasteiger partial charge in [0.15, 0.2) is 0 Å². The van der Waals surface area contributed by atoms with Crippen LogP contribution in [-0.4, -0.2) is 16.2 Å². The summed E-state index contributed by atoms with van der Waals surface area (Å²) in [6.45, 7) is 2.08. The van der Waals surface area contributed by atoms with Gasteiger partial charge in [0.05, 0.1) is 11.4 Å². The van der Waals surface area contributed by atoms with Crippen LogP contribution in [0.4, 0.5) is 0 Å². The van der Waals surface area contributed by atoms with Crippen molar-refractivity contribution in [2.24, 2.45) is 0 Å². The number of hydrogen-bond donors (Lipinski definition) is 1. The van der Waals surface area contributed by atoms with Gasteiger partial charge in [0.2, 0.25) is 0 Å². The molecule has 3 heteroatoms. The van der Waals surface area contributed by atoms with Gasteiger partial charge in [-0.2, -0.15) is 0 Å². The molecule has 0 amide bonds. The molecule has 1 aromatic carbocycles. The summed E-state index contributed by atoms with van der Waals surface area (Å²) in [4.78, 5) is 9.19. The van der Waals surface area contributed by atoms with Gasteiger partial charge in [0.25, 0.3) is 0 Å². The Hall–Kier alpha value is -2.00. The highest BCUT2D eigenvalue weighted by Gasteiger charge is 2.11. The van der Waals surface area contributed by atoms with Crippen LogP contribution in [0.1, 0.15) is 5.69 Å². The highest BCUT2D eigenvalue weighted by molar-refractivity contribution is 7.98. The molecule has 0 unspecified atom stereocenters. The lowest BCUT2D eigenvalue weighted by molar-refractivity contribution is 1.26. The van der Waals surface area contributed by atoms with Gasteiger partial charge in [-0.05, 0) is 49.1 Å². The van der Waals surface area contributed by atoms with Crippen LogP contribution in [-0.2, 0) is 0 Å². The smallest absolute Gasteiger partial charge is 0.0723 e. The maximum atomic E-state index is 4.47. The Morgan fingerprint density at radius 1 is 1.05 bits per heavy atom. The van der Waals surface area contributed by atoms with Gasteiger partial charge in [0, 0.05) is 22.3 Å². The fraction of sp³-hybridized carbons (Fsp3) is 0.118. The van der Waals surface area contributed by atoms with Crippen LogP contribution in [0.15, 0.2) is 59.6 Å². The first kappa shape index (κ1) is 13.0. The molecular weight excluding hydrogens is 264 g/mol. The van der Waals surface area contributed by atoms with E-state index in [1.54, 1.807) is 11.8 Å². The molecule has 100 valence electrons. The number of benzene rings is 1. The normalized spacial score (nSPS) is 10.7. The quantitative estimate of drug-likeness (QED) is 0.700. The first-order valence-electron chi connectivity index (χ1n) is 6.53. The van der Waals surface area contributed by atoms with Crippen LogP contribution in [0.25, 0.3) is 22.5 Å². The number of aromatic nitrogens is 2. The van der Waals surface area contributed by atoms with Crippen molar-refractivity contribution >= 4 is 11.8 Å². The average Bonchev–Trinajstić information content (AvgIpc) is 2.90. The van der Waals surface area contributed by atoms with Crippen LogP contribution in [0, 0.1) is 6.92 Å². The number of thioether (sulfide) groups is 1. The van der Waals surface area contributed by atoms with E-state index in [1.165, 1.54) is 10.5 Å². The number of pyridine rings is 1. The van der Waals surface area contributed by atoms with Crippen molar-refractivity contribution in [1.82, 2.24) is 9.97 Å². The maximum absolute atomic E-state index is 4.47. The maximum Gasteiger partial charge on any atom is 0.0723 e. The van der Waals surface area contributed by atoms with Crippen LogP contribution in [0.5, 0.6) is 0 Å². The van der Waals surface area contributed by atoms with Crippen molar-refractivity contribution in [2.75, 3.05) is 6.26 Å². The summed E-state index contributed by atoms with van der Waals surface area (Å²) in [5, 5.41) is 0. The zero-order chi connectivity index (χ0) is 13.9. The lowest BCUT2D eigenvalue weighted by Crippen LogP contribution is -1.85. The lowest BCUT2D eigenvalue weighted by Gasteiger charge is -2.05. The average molecular weight is 280 g/mol. The van der Waals surface area contributed by atoms with Crippen LogP contribution in [0.2, 0.25) is 0 Å². The van der Waals surface area contributed by atoms with E-state index in [-0.39, 0.29) is 0 Å². The molecule has 3 aromatic rings. The second-order valence-corrected chi connectivity index (χ2v) is 5.57. The summed E-state index contributed by atoms with van der Waals surface area (Å²) in [6, 6.07) is 16.7. The molecule has 0 saturated carbocycles. The number of aryl methyl sites for hydroxylation is 1. The van der Waals surface area contributed by atoms with E-state index in [2.05, 4.69) is 53.5 Å². The number of nitrogens with one attached hydrogen (secondary N) is 1. The Morgan fingerprint density at radius 2 is 1.95 bits per heavy atom. The number of nitrogens with zero attached hydrogens (tertiary/aromatic N) is 1. The zero-order valence-corrected chi connectivity index (χ0v) is 12.4. The largest absolute Gasteiger partial charge is 0.358 e. The molecule has 0 saturated heterocycles. The second-order valence-electron chi connectivity index (χ2n) is 4.69. The predicted octanol–water partition coefficient (Wildman–Crippen LogP) is 4.77. The van der Waals surface area contributed by atoms with Gasteiger partial charge in [-0.25, -0.2) is 0 Å². The van der Waals surface area contributed by atoms with E-state index < -0.39 is 0 Å². The molecule has 20 heavy (non-hydrogen) atoms. The van der Waals surface area contributed by atoms with E-state index in [9.17, 15) is 0 Å². The molecular formula is C17H16N2S. The third-order valence-corrected chi connectivity index (χ3v) is 3.98. The minimum Gasteiger partial charge on any atom is -0.358 e. The summed E-state index contributed by atoms with van der Waals surface area (Å²) in [5.74, 6) is 0. The van der Waals surface area contributed by atoms with Crippen LogP contribution < -0.4 is 0 Å². The summed E-state index contributed by atoms with van der Waals surface area (Å²) < 4.78 is 0. The first-order valence-corrected chi connectivity index (χ1v) is 7.76. The molecule has 1 N–H and O–H groups in total. The molecule has 0 aliphatic heterocycles. The number of hydrogen-bond acceptors (Lipinski definition) is 2. The van der Waals surface area contributed by atoms with Crippen molar-refractivity contribution in [3.8, 4) is 22.5 Å². The van der Waals surface area contributed by atoms with E-state index >= 15 is 0 Å². The topological polar surface area (TPSA) is 28.7 Å². The van der Waals surface area contributed by atoms with Gasteiger partial charge in [0.1, 0.15) is 0 Å². The minimum absolute atomic E-state index is 1.00. The number of H-pyrrole nitrogens is 1. The molecule has 2 nitrogen and oxygen atoms in total. The fourth-order valence-electron chi connectivity index (χ4n) is 2.32. The zero-order valence-electron chi connectivity index (χ0n) is 11.6. The second kappa shape index (κ2) is 5.55. The van der Waals surface area contributed by atoms with Crippen molar-refractivity contribution < 1.29 is 0 Å².